The maximum absolute atomic E-state index is 11.9. The summed E-state index contributed by atoms with van der Waals surface area (Å²) in [5.41, 5.74) is 1.90. The van der Waals surface area contributed by atoms with Gasteiger partial charge in [-0.25, -0.2) is 5.10 Å². The van der Waals surface area contributed by atoms with E-state index in [0.29, 0.717) is 12.1 Å². The molecule has 0 saturated carbocycles. The number of rotatable bonds is 2. The normalized spacial score (nSPS) is 12.7. The van der Waals surface area contributed by atoms with Crippen molar-refractivity contribution in [3.63, 3.8) is 0 Å². The van der Waals surface area contributed by atoms with Crippen LogP contribution in [0.25, 0.3) is 0 Å². The first-order valence-corrected chi connectivity index (χ1v) is 5.92. The minimum absolute atomic E-state index is 0.0641. The largest absolute Gasteiger partial charge is 0.326 e. The summed E-state index contributed by atoms with van der Waals surface area (Å²) in [7, 11) is 0. The number of benzene rings is 1. The number of aromatic amines is 1. The van der Waals surface area contributed by atoms with Gasteiger partial charge in [-0.1, -0.05) is 0 Å². The van der Waals surface area contributed by atoms with Gasteiger partial charge >= 0.3 is 0 Å². The maximum Gasteiger partial charge on any atom is 0.276 e. The van der Waals surface area contributed by atoms with Crippen molar-refractivity contribution in [1.29, 1.82) is 0 Å². The van der Waals surface area contributed by atoms with E-state index in [1.807, 2.05) is 0 Å². The van der Waals surface area contributed by atoms with Gasteiger partial charge in [-0.3, -0.25) is 14.4 Å². The van der Waals surface area contributed by atoms with Crippen LogP contribution >= 0.6 is 0 Å². The van der Waals surface area contributed by atoms with Crippen molar-refractivity contribution in [2.45, 2.75) is 6.42 Å². The number of nitrogens with zero attached hydrogens (tertiary/aromatic N) is 1. The zero-order valence-electron chi connectivity index (χ0n) is 10.3. The summed E-state index contributed by atoms with van der Waals surface area (Å²) >= 11 is 0. The number of H-pyrrole nitrogens is 1. The minimum atomic E-state index is -0.432. The van der Waals surface area contributed by atoms with E-state index < -0.39 is 5.91 Å². The van der Waals surface area contributed by atoms with Gasteiger partial charge in [0.2, 0.25) is 5.91 Å². The Bertz CT molecular complexity index is 746. The zero-order valence-corrected chi connectivity index (χ0v) is 10.3. The molecule has 0 spiro atoms. The third-order valence-corrected chi connectivity index (χ3v) is 2.90. The Balaban J connectivity index is 1.80. The van der Waals surface area contributed by atoms with Crippen molar-refractivity contribution in [1.82, 2.24) is 10.2 Å². The first kappa shape index (κ1) is 12.1. The van der Waals surface area contributed by atoms with Crippen LogP contribution in [0.5, 0.6) is 0 Å². The van der Waals surface area contributed by atoms with Gasteiger partial charge in [0.1, 0.15) is 5.69 Å². The number of carbonyl (C=O) groups is 2. The summed E-state index contributed by atoms with van der Waals surface area (Å²) in [5.74, 6) is -0.496. The quantitative estimate of drug-likeness (QED) is 0.739. The minimum Gasteiger partial charge on any atom is -0.326 e. The molecule has 0 unspecified atom stereocenters. The monoisotopic (exact) mass is 270 g/mol. The molecular formula is C13H10N4O3. The van der Waals surface area contributed by atoms with Gasteiger partial charge in [-0.2, -0.15) is 5.10 Å². The van der Waals surface area contributed by atoms with Gasteiger partial charge < -0.3 is 10.6 Å². The molecule has 1 aliphatic heterocycles. The average Bonchev–Trinajstić information content (AvgIpc) is 2.78. The summed E-state index contributed by atoms with van der Waals surface area (Å²) in [6, 6.07) is 7.72. The molecule has 2 amide bonds. The van der Waals surface area contributed by atoms with Crippen LogP contribution in [-0.4, -0.2) is 22.0 Å². The number of nitrogens with one attached hydrogen (secondary N) is 3. The molecule has 2 heterocycles. The molecule has 0 saturated heterocycles. The van der Waals surface area contributed by atoms with Crippen molar-refractivity contribution in [3.05, 3.63) is 51.9 Å². The van der Waals surface area contributed by atoms with Gasteiger partial charge in [0, 0.05) is 17.4 Å². The van der Waals surface area contributed by atoms with Crippen LogP contribution < -0.4 is 16.2 Å². The van der Waals surface area contributed by atoms with Crippen molar-refractivity contribution in [2.75, 3.05) is 10.6 Å². The fourth-order valence-electron chi connectivity index (χ4n) is 1.97. The van der Waals surface area contributed by atoms with E-state index in [1.165, 1.54) is 12.1 Å². The Morgan fingerprint density at radius 3 is 2.80 bits per heavy atom. The number of anilines is 2. The molecule has 0 bridgehead atoms. The molecule has 3 N–H and O–H groups in total. The number of hydrogen-bond acceptors (Lipinski definition) is 4. The van der Waals surface area contributed by atoms with Crippen LogP contribution in [0.15, 0.2) is 35.1 Å². The van der Waals surface area contributed by atoms with Crippen LogP contribution in [0.2, 0.25) is 0 Å². The second kappa shape index (κ2) is 4.61. The van der Waals surface area contributed by atoms with E-state index in [4.69, 9.17) is 0 Å². The number of aromatic nitrogens is 2. The van der Waals surface area contributed by atoms with Gasteiger partial charge in [0.15, 0.2) is 0 Å². The average molecular weight is 270 g/mol. The van der Waals surface area contributed by atoms with E-state index in [9.17, 15) is 14.4 Å². The van der Waals surface area contributed by atoms with E-state index >= 15 is 0 Å². The Kier molecular flexibility index (Phi) is 2.79. The fraction of sp³-hybridized carbons (Fsp3) is 0.0769. The van der Waals surface area contributed by atoms with E-state index in [2.05, 4.69) is 20.8 Å². The Hall–Kier alpha value is -2.96. The lowest BCUT2D eigenvalue weighted by atomic mass is 10.1. The standard InChI is InChI=1S/C13H10N4O3/c18-11-4-3-10(16-17-11)13(20)14-8-1-2-9-7(5-8)6-12(19)15-9/h1-5H,6H2,(H,14,20)(H,15,19)(H,17,18). The van der Waals surface area contributed by atoms with Gasteiger partial charge in [0.25, 0.3) is 11.5 Å². The molecule has 1 aromatic carbocycles. The topological polar surface area (TPSA) is 104 Å². The third-order valence-electron chi connectivity index (χ3n) is 2.90. The highest BCUT2D eigenvalue weighted by molar-refractivity contribution is 6.04. The first-order valence-electron chi connectivity index (χ1n) is 5.92. The summed E-state index contributed by atoms with van der Waals surface area (Å²) in [5, 5.41) is 11.2. The molecule has 0 aliphatic carbocycles. The van der Waals surface area contributed by atoms with Crippen LogP contribution in [0.4, 0.5) is 11.4 Å². The predicted octanol–water partition coefficient (Wildman–Crippen LogP) is 0.517. The second-order valence-corrected chi connectivity index (χ2v) is 4.36. The highest BCUT2D eigenvalue weighted by Crippen LogP contribution is 2.26. The molecule has 2 aromatic rings. The van der Waals surface area contributed by atoms with E-state index in [-0.39, 0.29) is 17.2 Å². The molecule has 7 heteroatoms. The van der Waals surface area contributed by atoms with Crippen LogP contribution in [-0.2, 0) is 11.2 Å². The Morgan fingerprint density at radius 2 is 2.05 bits per heavy atom. The van der Waals surface area contributed by atoms with Gasteiger partial charge in [-0.15, -0.1) is 0 Å². The second-order valence-electron chi connectivity index (χ2n) is 4.36. The first-order chi connectivity index (χ1) is 9.61. The lowest BCUT2D eigenvalue weighted by molar-refractivity contribution is -0.115. The zero-order chi connectivity index (χ0) is 14.1. The summed E-state index contributed by atoms with van der Waals surface area (Å²) in [6.45, 7) is 0. The molecule has 0 radical (unpaired) electrons. The van der Waals surface area contributed by atoms with Crippen molar-refractivity contribution < 1.29 is 9.59 Å². The van der Waals surface area contributed by atoms with E-state index in [0.717, 1.165) is 11.3 Å². The van der Waals surface area contributed by atoms with Crippen LogP contribution in [0, 0.1) is 0 Å². The Morgan fingerprint density at radius 1 is 1.20 bits per heavy atom. The van der Waals surface area contributed by atoms with E-state index in [1.54, 1.807) is 18.2 Å². The fourth-order valence-corrected chi connectivity index (χ4v) is 1.97. The number of carbonyl (C=O) groups excluding carboxylic acids is 2. The molecular weight excluding hydrogens is 260 g/mol. The van der Waals surface area contributed by atoms with Crippen LogP contribution in [0.3, 0.4) is 0 Å². The predicted molar refractivity (Wildman–Crippen MR) is 71.6 cm³/mol. The van der Waals surface area contributed by atoms with Gasteiger partial charge in [-0.05, 0) is 29.8 Å². The molecule has 1 aliphatic rings. The summed E-state index contributed by atoms with van der Waals surface area (Å²) < 4.78 is 0. The SMILES string of the molecule is O=C1Cc2cc(NC(=O)c3ccc(=O)[nH]n3)ccc2N1. The van der Waals surface area contributed by atoms with Crippen molar-refractivity contribution >= 4 is 23.2 Å². The molecule has 100 valence electrons. The molecule has 0 fully saturated rings. The smallest absolute Gasteiger partial charge is 0.276 e. The summed E-state index contributed by atoms with van der Waals surface area (Å²) in [6.07, 6.45) is 0.302. The summed E-state index contributed by atoms with van der Waals surface area (Å²) in [4.78, 5) is 34.0. The number of amides is 2. The van der Waals surface area contributed by atoms with Gasteiger partial charge in [0.05, 0.1) is 6.42 Å². The number of fused-ring (bicyclic) bond motifs is 1. The van der Waals surface area contributed by atoms with Crippen molar-refractivity contribution in [2.24, 2.45) is 0 Å². The molecule has 7 nitrogen and oxygen atoms in total. The van der Waals surface area contributed by atoms with Crippen molar-refractivity contribution in [3.8, 4) is 0 Å². The lowest BCUT2D eigenvalue weighted by Crippen LogP contribution is -2.17. The highest BCUT2D eigenvalue weighted by Gasteiger charge is 2.18. The Labute approximate surface area is 113 Å². The van der Waals surface area contributed by atoms with Crippen LogP contribution in [0.1, 0.15) is 16.1 Å². The highest BCUT2D eigenvalue weighted by atomic mass is 16.2. The molecule has 3 rings (SSSR count). The third kappa shape index (κ3) is 2.28. The number of hydrogen-bond donors (Lipinski definition) is 3. The molecule has 0 atom stereocenters. The molecule has 1 aromatic heterocycles. The maximum atomic E-state index is 11.9. The lowest BCUT2D eigenvalue weighted by Gasteiger charge is -2.06. The molecule has 20 heavy (non-hydrogen) atoms.